The van der Waals surface area contributed by atoms with Crippen LogP contribution >= 0.6 is 22.6 Å². The van der Waals surface area contributed by atoms with Crippen LogP contribution in [0.15, 0.2) is 35.8 Å². The fourth-order valence-electron chi connectivity index (χ4n) is 2.51. The Hall–Kier alpha value is -1.32. The molecule has 2 aliphatic rings. The van der Waals surface area contributed by atoms with Gasteiger partial charge in [0.05, 0.1) is 6.61 Å². The van der Waals surface area contributed by atoms with Crippen molar-refractivity contribution in [2.75, 3.05) is 6.61 Å². The van der Waals surface area contributed by atoms with Crippen LogP contribution in [-0.2, 0) is 30.3 Å². The Morgan fingerprint density at radius 2 is 2.22 bits per heavy atom. The van der Waals surface area contributed by atoms with E-state index in [0.717, 1.165) is 9.13 Å². The van der Waals surface area contributed by atoms with Gasteiger partial charge >= 0.3 is 5.97 Å². The molecule has 0 aliphatic carbocycles. The minimum Gasteiger partial charge on any atom is -0.499 e. The zero-order valence-electron chi connectivity index (χ0n) is 12.7. The molecule has 3 rings (SSSR count). The zero-order chi connectivity index (χ0) is 16.6. The van der Waals surface area contributed by atoms with E-state index >= 15 is 0 Å². The first-order valence-corrected chi connectivity index (χ1v) is 8.27. The maximum atomic E-state index is 11.7. The van der Waals surface area contributed by atoms with Crippen LogP contribution in [0, 0.1) is 3.57 Å². The maximum Gasteiger partial charge on any atom is 0.378 e. The Morgan fingerprint density at radius 3 is 2.87 bits per heavy atom. The van der Waals surface area contributed by atoms with Crippen molar-refractivity contribution in [1.29, 1.82) is 0 Å². The summed E-state index contributed by atoms with van der Waals surface area (Å²) < 4.78 is 23.1. The first kappa shape index (κ1) is 16.5. The summed E-state index contributed by atoms with van der Waals surface area (Å²) in [7, 11) is 0. The second-order valence-corrected chi connectivity index (χ2v) is 7.07. The summed E-state index contributed by atoms with van der Waals surface area (Å²) in [6.07, 6.45) is -1.31. The molecule has 1 aromatic carbocycles. The summed E-state index contributed by atoms with van der Waals surface area (Å²) in [5.74, 6) is -1.97. The number of carbonyl (C=O) groups excluding carboxylic acids is 1. The number of cyclic esters (lactones) is 1. The van der Waals surface area contributed by atoms with Crippen LogP contribution in [0.2, 0.25) is 0 Å². The Bertz CT molecular complexity index is 654. The molecule has 2 aliphatic heterocycles. The Labute approximate surface area is 147 Å². The van der Waals surface area contributed by atoms with Crippen molar-refractivity contribution in [2.24, 2.45) is 0 Å². The lowest BCUT2D eigenvalue weighted by atomic mass is 10.1. The van der Waals surface area contributed by atoms with E-state index in [1.165, 1.54) is 0 Å². The van der Waals surface area contributed by atoms with E-state index in [1.54, 1.807) is 13.8 Å². The third-order valence-corrected chi connectivity index (χ3v) is 4.24. The largest absolute Gasteiger partial charge is 0.499 e. The predicted molar refractivity (Wildman–Crippen MR) is 88.4 cm³/mol. The average Bonchev–Trinajstić information content (AvgIpc) is 2.98. The van der Waals surface area contributed by atoms with Gasteiger partial charge in [-0.15, -0.1) is 0 Å². The molecule has 0 radical (unpaired) electrons. The molecule has 0 aromatic heterocycles. The standard InChI is InChI=1S/C16H17IO6/c1-16(2)21-8-11(23-16)13-14(12(18)15(19)22-13)20-7-9-4-3-5-10(17)6-9/h3-6,11,13,18H,7-8H2,1-2H3/t11-,13+/m0/s1. The van der Waals surface area contributed by atoms with Gasteiger partial charge in [-0.05, 0) is 54.1 Å². The summed E-state index contributed by atoms with van der Waals surface area (Å²) >= 11 is 2.21. The molecule has 0 amide bonds. The van der Waals surface area contributed by atoms with Crippen molar-refractivity contribution in [1.82, 2.24) is 0 Å². The zero-order valence-corrected chi connectivity index (χ0v) is 14.9. The molecular weight excluding hydrogens is 415 g/mol. The molecule has 1 saturated heterocycles. The molecule has 2 heterocycles. The highest BCUT2D eigenvalue weighted by Crippen LogP contribution is 2.33. The van der Waals surface area contributed by atoms with Crippen molar-refractivity contribution < 1.29 is 28.8 Å². The minimum atomic E-state index is -0.805. The normalized spacial score (nSPS) is 26.5. The Kier molecular flexibility index (Phi) is 4.52. The van der Waals surface area contributed by atoms with Gasteiger partial charge in [0.15, 0.2) is 17.7 Å². The van der Waals surface area contributed by atoms with E-state index in [4.69, 9.17) is 18.9 Å². The van der Waals surface area contributed by atoms with Crippen molar-refractivity contribution in [2.45, 2.75) is 38.4 Å². The van der Waals surface area contributed by atoms with Crippen molar-refractivity contribution in [3.8, 4) is 0 Å². The monoisotopic (exact) mass is 432 g/mol. The Balaban J connectivity index is 1.73. The molecule has 0 bridgehead atoms. The third kappa shape index (κ3) is 3.61. The number of ether oxygens (including phenoxy) is 4. The van der Waals surface area contributed by atoms with Gasteiger partial charge in [-0.3, -0.25) is 0 Å². The number of hydrogen-bond donors (Lipinski definition) is 1. The van der Waals surface area contributed by atoms with Gasteiger partial charge < -0.3 is 24.1 Å². The topological polar surface area (TPSA) is 74.2 Å². The van der Waals surface area contributed by atoms with E-state index in [9.17, 15) is 9.90 Å². The van der Waals surface area contributed by atoms with Crippen LogP contribution < -0.4 is 0 Å². The number of halogens is 1. The smallest absolute Gasteiger partial charge is 0.378 e. The second kappa shape index (κ2) is 6.29. The van der Waals surface area contributed by atoms with E-state index < -0.39 is 29.7 Å². The van der Waals surface area contributed by atoms with Crippen molar-refractivity contribution >= 4 is 28.6 Å². The number of aliphatic hydroxyl groups excluding tert-OH is 1. The highest BCUT2D eigenvalue weighted by Gasteiger charge is 2.47. The summed E-state index contributed by atoms with van der Waals surface area (Å²) in [6.45, 7) is 4.04. The van der Waals surface area contributed by atoms with Crippen LogP contribution in [0.4, 0.5) is 0 Å². The lowest BCUT2D eigenvalue weighted by molar-refractivity contribution is -0.163. The van der Waals surface area contributed by atoms with Gasteiger partial charge in [0.1, 0.15) is 12.7 Å². The quantitative estimate of drug-likeness (QED) is 0.583. The van der Waals surface area contributed by atoms with E-state index in [-0.39, 0.29) is 19.0 Å². The Morgan fingerprint density at radius 1 is 1.43 bits per heavy atom. The molecule has 0 spiro atoms. The molecular formula is C16H17IO6. The lowest BCUT2D eigenvalue weighted by Crippen LogP contribution is -2.33. The van der Waals surface area contributed by atoms with Gasteiger partial charge in [0, 0.05) is 3.57 Å². The molecule has 7 heteroatoms. The average molecular weight is 432 g/mol. The van der Waals surface area contributed by atoms with Crippen molar-refractivity contribution in [3.63, 3.8) is 0 Å². The fraction of sp³-hybridized carbons (Fsp3) is 0.438. The maximum absolute atomic E-state index is 11.7. The predicted octanol–water partition coefficient (Wildman–Crippen LogP) is 2.65. The van der Waals surface area contributed by atoms with E-state index in [2.05, 4.69) is 22.6 Å². The van der Waals surface area contributed by atoms with E-state index in [1.807, 2.05) is 24.3 Å². The molecule has 2 atom stereocenters. The first-order valence-electron chi connectivity index (χ1n) is 7.19. The van der Waals surface area contributed by atoms with Crippen LogP contribution in [0.1, 0.15) is 19.4 Å². The molecule has 1 N–H and O–H groups in total. The molecule has 124 valence electrons. The van der Waals surface area contributed by atoms with Gasteiger partial charge in [-0.25, -0.2) is 4.79 Å². The number of benzene rings is 1. The number of esters is 1. The molecule has 23 heavy (non-hydrogen) atoms. The number of rotatable bonds is 4. The number of hydrogen-bond acceptors (Lipinski definition) is 6. The van der Waals surface area contributed by atoms with E-state index in [0.29, 0.717) is 0 Å². The third-order valence-electron chi connectivity index (χ3n) is 3.57. The molecule has 6 nitrogen and oxygen atoms in total. The first-order chi connectivity index (χ1) is 10.9. The minimum absolute atomic E-state index is 0.0974. The second-order valence-electron chi connectivity index (χ2n) is 5.82. The molecule has 0 saturated carbocycles. The van der Waals surface area contributed by atoms with Gasteiger partial charge in [-0.2, -0.15) is 0 Å². The van der Waals surface area contributed by atoms with Crippen LogP contribution in [0.25, 0.3) is 0 Å². The molecule has 1 aromatic rings. The molecule has 0 unspecified atom stereocenters. The van der Waals surface area contributed by atoms with Gasteiger partial charge in [0.25, 0.3) is 0 Å². The number of carbonyl (C=O) groups is 1. The molecule has 1 fully saturated rings. The van der Waals surface area contributed by atoms with Crippen LogP contribution in [0.3, 0.4) is 0 Å². The SMILES string of the molecule is CC1(C)OC[C@@H]([C@H]2OC(=O)C(O)=C2OCc2cccc(I)c2)O1. The number of aliphatic hydroxyl groups is 1. The summed E-state index contributed by atoms with van der Waals surface area (Å²) in [4.78, 5) is 11.7. The summed E-state index contributed by atoms with van der Waals surface area (Å²) in [6, 6.07) is 7.75. The van der Waals surface area contributed by atoms with Gasteiger partial charge in [-0.1, -0.05) is 12.1 Å². The van der Waals surface area contributed by atoms with Crippen molar-refractivity contribution in [3.05, 3.63) is 44.9 Å². The summed E-state index contributed by atoms with van der Waals surface area (Å²) in [5.41, 5.74) is 0.930. The highest BCUT2D eigenvalue weighted by molar-refractivity contribution is 14.1. The fourth-order valence-corrected chi connectivity index (χ4v) is 3.12. The highest BCUT2D eigenvalue weighted by atomic mass is 127. The lowest BCUT2D eigenvalue weighted by Gasteiger charge is -2.21. The van der Waals surface area contributed by atoms with Crippen LogP contribution in [0.5, 0.6) is 0 Å². The van der Waals surface area contributed by atoms with Crippen LogP contribution in [-0.4, -0.2) is 35.7 Å². The van der Waals surface area contributed by atoms with Gasteiger partial charge in [0.2, 0.25) is 5.76 Å². The summed E-state index contributed by atoms with van der Waals surface area (Å²) in [5, 5.41) is 9.93.